The summed E-state index contributed by atoms with van der Waals surface area (Å²) in [6.07, 6.45) is 5.96. The molecule has 0 aliphatic carbocycles. The molecule has 74 valence electrons. The first kappa shape index (κ1) is 12.3. The van der Waals surface area contributed by atoms with Crippen molar-refractivity contribution < 1.29 is 9.53 Å². The Morgan fingerprint density at radius 3 is 3.08 bits per heavy atom. The summed E-state index contributed by atoms with van der Waals surface area (Å²) in [5.74, 6) is 3.77. The summed E-state index contributed by atoms with van der Waals surface area (Å²) in [7, 11) is 1.67. The Kier molecular flexibility index (Phi) is 8.95. The van der Waals surface area contributed by atoms with E-state index in [9.17, 15) is 4.79 Å². The van der Waals surface area contributed by atoms with Crippen LogP contribution in [0.2, 0.25) is 0 Å². The van der Waals surface area contributed by atoms with E-state index in [1.807, 2.05) is 0 Å². The van der Waals surface area contributed by atoms with E-state index in [0.29, 0.717) is 12.3 Å². The smallest absolute Gasteiger partial charge is 0.230 e. The van der Waals surface area contributed by atoms with E-state index in [2.05, 4.69) is 11.2 Å². The molecule has 0 aliphatic rings. The van der Waals surface area contributed by atoms with Crippen LogP contribution in [0, 0.1) is 12.3 Å². The van der Waals surface area contributed by atoms with E-state index in [4.69, 9.17) is 11.2 Å². The number of methoxy groups -OCH3 is 1. The fraction of sp³-hybridized carbons (Fsp3) is 0.667. The molecule has 0 heterocycles. The van der Waals surface area contributed by atoms with Crippen molar-refractivity contribution in [1.29, 1.82) is 0 Å². The van der Waals surface area contributed by atoms with E-state index in [-0.39, 0.29) is 5.91 Å². The molecule has 0 spiro atoms. The highest BCUT2D eigenvalue weighted by atomic mass is 32.2. The Hall–Kier alpha value is -0.660. The quantitative estimate of drug-likeness (QED) is 0.481. The van der Waals surface area contributed by atoms with Gasteiger partial charge in [0.05, 0.1) is 12.3 Å². The van der Waals surface area contributed by atoms with Crippen LogP contribution in [0.3, 0.4) is 0 Å². The molecule has 0 atom stereocenters. The van der Waals surface area contributed by atoms with Gasteiger partial charge in [0.15, 0.2) is 0 Å². The monoisotopic (exact) mass is 201 g/mol. The van der Waals surface area contributed by atoms with Gasteiger partial charge >= 0.3 is 0 Å². The molecule has 0 fully saturated rings. The highest BCUT2D eigenvalue weighted by molar-refractivity contribution is 7.99. The maximum atomic E-state index is 11.0. The van der Waals surface area contributed by atoms with Crippen molar-refractivity contribution in [3.8, 4) is 12.3 Å². The zero-order valence-corrected chi connectivity index (χ0v) is 8.65. The normalized spacial score (nSPS) is 9.23. The number of amides is 1. The number of rotatable bonds is 7. The Balaban J connectivity index is 3.13. The summed E-state index contributed by atoms with van der Waals surface area (Å²) in [5, 5.41) is 2.60. The van der Waals surface area contributed by atoms with Crippen molar-refractivity contribution in [3.05, 3.63) is 0 Å². The maximum Gasteiger partial charge on any atom is 0.230 e. The molecule has 0 radical (unpaired) electrons. The van der Waals surface area contributed by atoms with Crippen LogP contribution in [0.15, 0.2) is 0 Å². The van der Waals surface area contributed by atoms with E-state index in [0.717, 1.165) is 18.8 Å². The van der Waals surface area contributed by atoms with Crippen molar-refractivity contribution in [2.24, 2.45) is 0 Å². The molecular weight excluding hydrogens is 186 g/mol. The Morgan fingerprint density at radius 2 is 2.46 bits per heavy atom. The molecule has 0 aromatic heterocycles. The number of nitrogens with one attached hydrogen (secondary N) is 1. The van der Waals surface area contributed by atoms with Gasteiger partial charge in [-0.1, -0.05) is 5.92 Å². The summed E-state index contributed by atoms with van der Waals surface area (Å²) in [6.45, 7) is 1.07. The lowest BCUT2D eigenvalue weighted by Gasteiger charge is -2.01. The van der Waals surface area contributed by atoms with E-state index in [1.165, 1.54) is 0 Å². The molecule has 0 aliphatic heterocycles. The van der Waals surface area contributed by atoms with Gasteiger partial charge in [-0.2, -0.15) is 11.8 Å². The van der Waals surface area contributed by atoms with Crippen LogP contribution in [0.25, 0.3) is 0 Å². The van der Waals surface area contributed by atoms with Crippen LogP contribution in [0.5, 0.6) is 0 Å². The third-order valence-corrected chi connectivity index (χ3v) is 2.30. The molecule has 0 aromatic carbocycles. The van der Waals surface area contributed by atoms with Gasteiger partial charge < -0.3 is 10.1 Å². The van der Waals surface area contributed by atoms with Gasteiger partial charge in [-0.05, 0) is 12.2 Å². The first-order chi connectivity index (χ1) is 6.31. The molecule has 0 saturated carbocycles. The molecule has 3 nitrogen and oxygen atoms in total. The third kappa shape index (κ3) is 9.25. The van der Waals surface area contributed by atoms with E-state index in [1.54, 1.807) is 18.9 Å². The molecule has 4 heteroatoms. The summed E-state index contributed by atoms with van der Waals surface area (Å²) in [5.41, 5.74) is 0. The Labute approximate surface area is 83.6 Å². The Bertz CT molecular complexity index is 177. The van der Waals surface area contributed by atoms with E-state index >= 15 is 0 Å². The van der Waals surface area contributed by atoms with E-state index < -0.39 is 0 Å². The zero-order valence-electron chi connectivity index (χ0n) is 7.84. The van der Waals surface area contributed by atoms with Crippen LogP contribution >= 0.6 is 11.8 Å². The fourth-order valence-corrected chi connectivity index (χ4v) is 1.42. The summed E-state index contributed by atoms with van der Waals surface area (Å²) in [4.78, 5) is 11.0. The molecular formula is C9H15NO2S. The summed E-state index contributed by atoms with van der Waals surface area (Å²) < 4.78 is 4.87. The van der Waals surface area contributed by atoms with Crippen molar-refractivity contribution in [2.75, 3.05) is 31.8 Å². The SMILES string of the molecule is C#CCNC(=O)CSCCCOC. The van der Waals surface area contributed by atoms with Crippen molar-refractivity contribution in [2.45, 2.75) is 6.42 Å². The van der Waals surface area contributed by atoms with Crippen LogP contribution in [-0.4, -0.2) is 37.7 Å². The average Bonchev–Trinajstić information content (AvgIpc) is 2.14. The molecule has 0 bridgehead atoms. The molecule has 0 rings (SSSR count). The predicted octanol–water partition coefficient (Wildman–Crippen LogP) is 0.506. The van der Waals surface area contributed by atoms with Crippen LogP contribution in [-0.2, 0) is 9.53 Å². The Morgan fingerprint density at radius 1 is 1.69 bits per heavy atom. The number of thioether (sulfide) groups is 1. The minimum Gasteiger partial charge on any atom is -0.385 e. The number of ether oxygens (including phenoxy) is 1. The van der Waals surface area contributed by atoms with Crippen LogP contribution in [0.1, 0.15) is 6.42 Å². The van der Waals surface area contributed by atoms with Gasteiger partial charge in [-0.15, -0.1) is 6.42 Å². The lowest BCUT2D eigenvalue weighted by atomic mass is 10.5. The third-order valence-electron chi connectivity index (χ3n) is 1.26. The second kappa shape index (κ2) is 9.43. The standard InChI is InChI=1S/C9H15NO2S/c1-3-5-10-9(11)8-13-7-4-6-12-2/h1H,4-8H2,2H3,(H,10,11). The lowest BCUT2D eigenvalue weighted by molar-refractivity contribution is -0.118. The minimum atomic E-state index is 0.000340. The first-order valence-electron chi connectivity index (χ1n) is 4.08. The number of hydrogen-bond donors (Lipinski definition) is 1. The van der Waals surface area contributed by atoms with Crippen LogP contribution in [0.4, 0.5) is 0 Å². The summed E-state index contributed by atoms with van der Waals surface area (Å²) >= 11 is 1.59. The second-order valence-corrected chi connectivity index (χ2v) is 3.48. The number of carbonyl (C=O) groups excluding carboxylic acids is 1. The molecule has 13 heavy (non-hydrogen) atoms. The molecule has 0 saturated heterocycles. The zero-order chi connectivity index (χ0) is 9.94. The first-order valence-corrected chi connectivity index (χ1v) is 5.23. The van der Waals surface area contributed by atoms with Gasteiger partial charge in [0.2, 0.25) is 5.91 Å². The second-order valence-electron chi connectivity index (χ2n) is 2.38. The maximum absolute atomic E-state index is 11.0. The summed E-state index contributed by atoms with van der Waals surface area (Å²) in [6, 6.07) is 0. The van der Waals surface area contributed by atoms with Crippen molar-refractivity contribution in [1.82, 2.24) is 5.32 Å². The predicted molar refractivity (Wildman–Crippen MR) is 55.7 cm³/mol. The van der Waals surface area contributed by atoms with Crippen LogP contribution < -0.4 is 5.32 Å². The highest BCUT2D eigenvalue weighted by Gasteiger charge is 1.98. The molecule has 1 amide bonds. The lowest BCUT2D eigenvalue weighted by Crippen LogP contribution is -2.25. The van der Waals surface area contributed by atoms with Gasteiger partial charge in [-0.3, -0.25) is 4.79 Å². The molecule has 1 N–H and O–H groups in total. The number of terminal acetylenes is 1. The highest BCUT2D eigenvalue weighted by Crippen LogP contribution is 2.01. The largest absolute Gasteiger partial charge is 0.385 e. The topological polar surface area (TPSA) is 38.3 Å². The molecule has 0 unspecified atom stereocenters. The molecule has 0 aromatic rings. The van der Waals surface area contributed by atoms with Gasteiger partial charge in [0, 0.05) is 13.7 Å². The minimum absolute atomic E-state index is 0.000340. The van der Waals surface area contributed by atoms with Gasteiger partial charge in [0.25, 0.3) is 0 Å². The van der Waals surface area contributed by atoms with Gasteiger partial charge in [-0.25, -0.2) is 0 Å². The number of hydrogen-bond acceptors (Lipinski definition) is 3. The fourth-order valence-electron chi connectivity index (χ4n) is 0.671. The average molecular weight is 201 g/mol. The van der Waals surface area contributed by atoms with Crippen molar-refractivity contribution >= 4 is 17.7 Å². The van der Waals surface area contributed by atoms with Crippen molar-refractivity contribution in [3.63, 3.8) is 0 Å². The number of carbonyl (C=O) groups is 1. The van der Waals surface area contributed by atoms with Gasteiger partial charge in [0.1, 0.15) is 0 Å².